The molecule has 0 radical (unpaired) electrons. The quantitative estimate of drug-likeness (QED) is 0.815. The monoisotopic (exact) mass is 345 g/mol. The molecule has 130 valence electrons. The summed E-state index contributed by atoms with van der Waals surface area (Å²) < 4.78 is 37.0. The molecule has 1 aliphatic heterocycles. The normalized spacial score (nSPS) is 19.1. The Kier molecular flexibility index (Phi) is 7.15. The van der Waals surface area contributed by atoms with E-state index in [0.29, 0.717) is 18.0 Å². The van der Waals surface area contributed by atoms with Crippen LogP contribution in [0.5, 0.6) is 0 Å². The van der Waals surface area contributed by atoms with Crippen LogP contribution in [0.3, 0.4) is 0 Å². The fraction of sp³-hybridized carbons (Fsp3) is 0.846. The van der Waals surface area contributed by atoms with Crippen LogP contribution in [0.15, 0.2) is 0 Å². The van der Waals surface area contributed by atoms with Gasteiger partial charge in [-0.05, 0) is 12.0 Å². The number of carbonyl (C=O) groups excluding carboxylic acids is 2. The van der Waals surface area contributed by atoms with Gasteiger partial charge in [0.05, 0.1) is 5.92 Å². The van der Waals surface area contributed by atoms with E-state index < -0.39 is 24.5 Å². The van der Waals surface area contributed by atoms with Crippen LogP contribution in [0.1, 0.15) is 20.3 Å². The molecule has 2 amide bonds. The maximum atomic E-state index is 12.3. The van der Waals surface area contributed by atoms with Crippen molar-refractivity contribution in [3.05, 3.63) is 0 Å². The molecule has 22 heavy (non-hydrogen) atoms. The van der Waals surface area contributed by atoms with Crippen LogP contribution in [-0.4, -0.2) is 61.0 Å². The summed E-state index contributed by atoms with van der Waals surface area (Å²) in [6.07, 6.45) is -4.61. The number of likely N-dealkylation sites (tertiary alicyclic amines) is 1. The molecule has 1 heterocycles. The molecule has 9 heteroatoms. The molecule has 0 bridgehead atoms. The predicted octanol–water partition coefficient (Wildman–Crippen LogP) is 1.26. The maximum absolute atomic E-state index is 12.3. The van der Waals surface area contributed by atoms with Crippen LogP contribution in [-0.2, 0) is 9.59 Å². The van der Waals surface area contributed by atoms with E-state index in [4.69, 9.17) is 5.73 Å². The molecular formula is C13H23ClF3N3O2. The highest BCUT2D eigenvalue weighted by Gasteiger charge is 2.41. The summed E-state index contributed by atoms with van der Waals surface area (Å²) in [5.41, 5.74) is 5.32. The Labute approximate surface area is 134 Å². The molecule has 1 saturated heterocycles. The van der Waals surface area contributed by atoms with Crippen molar-refractivity contribution in [1.82, 2.24) is 9.80 Å². The molecule has 1 fully saturated rings. The molecule has 0 spiro atoms. The van der Waals surface area contributed by atoms with Crippen LogP contribution < -0.4 is 5.73 Å². The molecule has 0 aromatic carbocycles. The number of hydrogen-bond donors (Lipinski definition) is 1. The predicted molar refractivity (Wildman–Crippen MR) is 78.5 cm³/mol. The fourth-order valence-corrected chi connectivity index (χ4v) is 2.40. The zero-order valence-electron chi connectivity index (χ0n) is 12.9. The minimum Gasteiger partial charge on any atom is -0.345 e. The van der Waals surface area contributed by atoms with Gasteiger partial charge in [-0.1, -0.05) is 13.8 Å². The molecule has 2 N–H and O–H groups in total. The molecular weight excluding hydrogens is 323 g/mol. The van der Waals surface area contributed by atoms with Crippen molar-refractivity contribution < 1.29 is 22.8 Å². The lowest BCUT2D eigenvalue weighted by Gasteiger charge is -2.30. The fourth-order valence-electron chi connectivity index (χ4n) is 2.40. The van der Waals surface area contributed by atoms with E-state index >= 15 is 0 Å². The SMILES string of the molecule is CN(CC(C)(C)CN)C(=O)C1CC(=O)N(CC(F)(F)F)C1.Cl. The summed E-state index contributed by atoms with van der Waals surface area (Å²) in [5, 5.41) is 0. The first-order valence-corrected chi connectivity index (χ1v) is 6.75. The lowest BCUT2D eigenvalue weighted by molar-refractivity contribution is -0.157. The van der Waals surface area contributed by atoms with Crippen LogP contribution in [0.4, 0.5) is 13.2 Å². The first kappa shape index (κ1) is 21.0. The topological polar surface area (TPSA) is 66.6 Å². The highest BCUT2D eigenvalue weighted by Crippen LogP contribution is 2.25. The molecule has 5 nitrogen and oxygen atoms in total. The van der Waals surface area contributed by atoms with Gasteiger partial charge in [-0.3, -0.25) is 9.59 Å². The van der Waals surface area contributed by atoms with E-state index in [1.54, 1.807) is 7.05 Å². The van der Waals surface area contributed by atoms with Gasteiger partial charge in [0.2, 0.25) is 11.8 Å². The van der Waals surface area contributed by atoms with Crippen molar-refractivity contribution in [2.75, 3.05) is 33.2 Å². The Bertz CT molecular complexity index is 416. The molecule has 0 aliphatic carbocycles. The maximum Gasteiger partial charge on any atom is 0.406 e. The van der Waals surface area contributed by atoms with Gasteiger partial charge in [-0.25, -0.2) is 0 Å². The van der Waals surface area contributed by atoms with Crippen molar-refractivity contribution in [1.29, 1.82) is 0 Å². The summed E-state index contributed by atoms with van der Waals surface area (Å²) in [5.74, 6) is -1.65. The van der Waals surface area contributed by atoms with Crippen LogP contribution in [0, 0.1) is 11.3 Å². The average Bonchev–Trinajstić information content (AvgIpc) is 2.67. The van der Waals surface area contributed by atoms with E-state index in [2.05, 4.69) is 0 Å². The van der Waals surface area contributed by atoms with Gasteiger partial charge >= 0.3 is 6.18 Å². The van der Waals surface area contributed by atoms with Gasteiger partial charge in [-0.15, -0.1) is 12.4 Å². The summed E-state index contributed by atoms with van der Waals surface area (Å²) >= 11 is 0. The van der Waals surface area contributed by atoms with Gasteiger partial charge in [0.1, 0.15) is 6.54 Å². The van der Waals surface area contributed by atoms with Crippen molar-refractivity contribution in [2.45, 2.75) is 26.4 Å². The van der Waals surface area contributed by atoms with Crippen molar-refractivity contribution in [3.8, 4) is 0 Å². The molecule has 1 atom stereocenters. The highest BCUT2D eigenvalue weighted by molar-refractivity contribution is 5.89. The summed E-state index contributed by atoms with van der Waals surface area (Å²) in [4.78, 5) is 25.9. The number of halogens is 4. The van der Waals surface area contributed by atoms with Crippen molar-refractivity contribution in [3.63, 3.8) is 0 Å². The first-order valence-electron chi connectivity index (χ1n) is 6.75. The lowest BCUT2D eigenvalue weighted by atomic mass is 9.92. The summed E-state index contributed by atoms with van der Waals surface area (Å²) in [6, 6.07) is 0. The van der Waals surface area contributed by atoms with Crippen LogP contribution >= 0.6 is 12.4 Å². The molecule has 1 rings (SSSR count). The van der Waals surface area contributed by atoms with Gasteiger partial charge in [-0.2, -0.15) is 13.2 Å². The van der Waals surface area contributed by atoms with Gasteiger partial charge < -0.3 is 15.5 Å². The van der Waals surface area contributed by atoms with Gasteiger partial charge in [0, 0.05) is 26.6 Å². The molecule has 1 unspecified atom stereocenters. The van der Waals surface area contributed by atoms with Crippen LogP contribution in [0.25, 0.3) is 0 Å². The standard InChI is InChI=1S/C13H22F3N3O2.ClH/c1-12(2,6-17)7-18(3)11(21)9-4-10(20)19(5-9)8-13(14,15)16;/h9H,4-8,17H2,1-3H3;1H. The second-order valence-electron chi connectivity index (χ2n) is 6.35. The lowest BCUT2D eigenvalue weighted by Crippen LogP contribution is -2.43. The van der Waals surface area contributed by atoms with Crippen molar-refractivity contribution >= 4 is 24.2 Å². The van der Waals surface area contributed by atoms with Crippen molar-refractivity contribution in [2.24, 2.45) is 17.1 Å². The van der Waals surface area contributed by atoms with Crippen LogP contribution in [0.2, 0.25) is 0 Å². The summed E-state index contributed by atoms with van der Waals surface area (Å²) in [7, 11) is 1.58. The Hall–Kier alpha value is -1.02. The van der Waals surface area contributed by atoms with E-state index in [1.807, 2.05) is 13.8 Å². The zero-order chi connectivity index (χ0) is 16.4. The largest absolute Gasteiger partial charge is 0.406 e. The number of rotatable bonds is 5. The molecule has 1 aliphatic rings. The van der Waals surface area contributed by atoms with E-state index in [1.165, 1.54) is 4.90 Å². The second-order valence-corrected chi connectivity index (χ2v) is 6.35. The Morgan fingerprint density at radius 1 is 1.41 bits per heavy atom. The minimum atomic E-state index is -4.44. The van der Waals surface area contributed by atoms with Gasteiger partial charge in [0.25, 0.3) is 0 Å². The molecule has 0 saturated carbocycles. The number of nitrogens with zero attached hydrogens (tertiary/aromatic N) is 2. The molecule has 0 aromatic heterocycles. The third-order valence-electron chi connectivity index (χ3n) is 3.53. The Morgan fingerprint density at radius 2 is 1.95 bits per heavy atom. The Morgan fingerprint density at radius 3 is 2.41 bits per heavy atom. The number of hydrogen-bond acceptors (Lipinski definition) is 3. The third-order valence-corrected chi connectivity index (χ3v) is 3.53. The summed E-state index contributed by atoms with van der Waals surface area (Å²) in [6.45, 7) is 3.10. The number of carbonyl (C=O) groups is 2. The molecule has 0 aromatic rings. The second kappa shape index (κ2) is 7.50. The van der Waals surface area contributed by atoms with E-state index in [0.717, 1.165) is 0 Å². The average molecular weight is 346 g/mol. The number of alkyl halides is 3. The highest BCUT2D eigenvalue weighted by atomic mass is 35.5. The minimum absolute atomic E-state index is 0. The smallest absolute Gasteiger partial charge is 0.345 e. The zero-order valence-corrected chi connectivity index (χ0v) is 13.8. The number of nitrogens with two attached hydrogens (primary N) is 1. The Balaban J connectivity index is 0.00000441. The number of amides is 2. The first-order chi connectivity index (χ1) is 9.45. The third kappa shape index (κ3) is 6.00. The van der Waals surface area contributed by atoms with Gasteiger partial charge in [0.15, 0.2) is 0 Å². The van der Waals surface area contributed by atoms with E-state index in [9.17, 15) is 22.8 Å². The van der Waals surface area contributed by atoms with E-state index in [-0.39, 0.29) is 36.7 Å².